The van der Waals surface area contributed by atoms with Crippen LogP contribution in [0.15, 0.2) is 12.4 Å². The second-order valence-electron chi connectivity index (χ2n) is 2.10. The van der Waals surface area contributed by atoms with Gasteiger partial charge in [0.05, 0.1) is 18.5 Å². The van der Waals surface area contributed by atoms with Crippen LogP contribution in [-0.2, 0) is 0 Å². The minimum atomic E-state index is 0.225. The summed E-state index contributed by atoms with van der Waals surface area (Å²) in [4.78, 5) is 0. The van der Waals surface area contributed by atoms with E-state index >= 15 is 0 Å². The molecule has 50 valence electrons. The van der Waals surface area contributed by atoms with Gasteiger partial charge in [0.25, 0.3) is 0 Å². The lowest BCUT2D eigenvalue weighted by molar-refractivity contribution is 0.242. The van der Waals surface area contributed by atoms with E-state index in [1.807, 2.05) is 13.8 Å². The van der Waals surface area contributed by atoms with E-state index in [-0.39, 0.29) is 6.10 Å². The second kappa shape index (κ2) is 2.53. The highest BCUT2D eigenvalue weighted by Crippen LogP contribution is 2.06. The Balaban J connectivity index is 2.48. The minimum Gasteiger partial charge on any atom is -0.488 e. The number of aromatic nitrogens is 2. The van der Waals surface area contributed by atoms with E-state index in [1.54, 1.807) is 12.4 Å². The third kappa shape index (κ3) is 1.76. The maximum absolute atomic E-state index is 5.26. The zero-order chi connectivity index (χ0) is 6.69. The predicted molar refractivity (Wildman–Crippen MR) is 34.4 cm³/mol. The minimum absolute atomic E-state index is 0.225. The zero-order valence-electron chi connectivity index (χ0n) is 5.59. The van der Waals surface area contributed by atoms with Crippen molar-refractivity contribution >= 4 is 0 Å². The van der Waals surface area contributed by atoms with Gasteiger partial charge < -0.3 is 4.74 Å². The molecule has 3 heteroatoms. The summed E-state index contributed by atoms with van der Waals surface area (Å²) in [6.07, 6.45) is 3.60. The molecule has 0 aliphatic carbocycles. The molecule has 0 bridgehead atoms. The summed E-state index contributed by atoms with van der Waals surface area (Å²) in [7, 11) is 0. The Bertz CT molecular complexity index is 158. The zero-order valence-corrected chi connectivity index (χ0v) is 5.59. The Kier molecular flexibility index (Phi) is 1.72. The Hall–Kier alpha value is -0.990. The quantitative estimate of drug-likeness (QED) is 0.646. The van der Waals surface area contributed by atoms with Crippen molar-refractivity contribution in [3.8, 4) is 5.75 Å². The van der Waals surface area contributed by atoms with Gasteiger partial charge in [-0.25, -0.2) is 0 Å². The summed E-state index contributed by atoms with van der Waals surface area (Å²) in [5.74, 6) is 0.796. The first kappa shape index (κ1) is 6.13. The topological polar surface area (TPSA) is 37.9 Å². The fourth-order valence-corrected chi connectivity index (χ4v) is 0.576. The number of ether oxygens (including phenoxy) is 1. The molecule has 0 saturated heterocycles. The first-order valence-electron chi connectivity index (χ1n) is 2.94. The summed E-state index contributed by atoms with van der Waals surface area (Å²) in [5, 5.41) is 6.39. The molecule has 0 fully saturated rings. The van der Waals surface area contributed by atoms with Crippen molar-refractivity contribution in [2.45, 2.75) is 20.0 Å². The van der Waals surface area contributed by atoms with Crippen LogP contribution in [0.25, 0.3) is 0 Å². The van der Waals surface area contributed by atoms with Crippen molar-refractivity contribution < 1.29 is 4.74 Å². The third-order valence-electron chi connectivity index (χ3n) is 0.845. The first-order chi connectivity index (χ1) is 4.29. The van der Waals surface area contributed by atoms with Gasteiger partial charge in [0, 0.05) is 0 Å². The summed E-state index contributed by atoms with van der Waals surface area (Å²) >= 11 is 0. The fourth-order valence-electron chi connectivity index (χ4n) is 0.576. The van der Waals surface area contributed by atoms with Gasteiger partial charge in [-0.1, -0.05) is 0 Å². The molecule has 1 rings (SSSR count). The molecule has 0 unspecified atom stereocenters. The average Bonchev–Trinajstić information content (AvgIpc) is 2.15. The van der Waals surface area contributed by atoms with Gasteiger partial charge in [-0.15, -0.1) is 0 Å². The molecular formula is C6H10N2O. The van der Waals surface area contributed by atoms with Gasteiger partial charge in [0.2, 0.25) is 0 Å². The van der Waals surface area contributed by atoms with Crippen LogP contribution in [0.1, 0.15) is 13.8 Å². The molecule has 1 aromatic rings. The maximum atomic E-state index is 5.26. The Labute approximate surface area is 54.0 Å². The highest BCUT2D eigenvalue weighted by atomic mass is 16.5. The van der Waals surface area contributed by atoms with Gasteiger partial charge in [-0.2, -0.15) is 5.10 Å². The number of nitrogens with zero attached hydrogens (tertiary/aromatic N) is 1. The predicted octanol–water partition coefficient (Wildman–Crippen LogP) is 1.20. The molecule has 0 aliphatic heterocycles. The lowest BCUT2D eigenvalue weighted by atomic mass is 10.5. The molecule has 0 amide bonds. The number of aromatic amines is 1. The van der Waals surface area contributed by atoms with E-state index in [2.05, 4.69) is 10.2 Å². The average molecular weight is 126 g/mol. The molecular weight excluding hydrogens is 116 g/mol. The maximum Gasteiger partial charge on any atom is 0.157 e. The number of hydrogen-bond acceptors (Lipinski definition) is 2. The smallest absolute Gasteiger partial charge is 0.157 e. The largest absolute Gasteiger partial charge is 0.488 e. The first-order valence-corrected chi connectivity index (χ1v) is 2.94. The Morgan fingerprint density at radius 2 is 2.44 bits per heavy atom. The van der Waals surface area contributed by atoms with Crippen molar-refractivity contribution in [3.63, 3.8) is 0 Å². The van der Waals surface area contributed by atoms with E-state index in [0.29, 0.717) is 0 Å². The fraction of sp³-hybridized carbons (Fsp3) is 0.500. The molecule has 1 heterocycles. The molecule has 0 saturated carbocycles. The normalized spacial score (nSPS) is 10.1. The molecule has 0 aromatic carbocycles. The van der Waals surface area contributed by atoms with Crippen LogP contribution in [0.2, 0.25) is 0 Å². The van der Waals surface area contributed by atoms with Crippen molar-refractivity contribution in [3.05, 3.63) is 12.4 Å². The number of H-pyrrole nitrogens is 1. The monoisotopic (exact) mass is 126 g/mol. The molecule has 9 heavy (non-hydrogen) atoms. The summed E-state index contributed by atoms with van der Waals surface area (Å²) in [5.41, 5.74) is 0. The molecule has 1 N–H and O–H groups in total. The van der Waals surface area contributed by atoms with Gasteiger partial charge >= 0.3 is 0 Å². The van der Waals surface area contributed by atoms with Crippen LogP contribution < -0.4 is 4.74 Å². The number of hydrogen-bond donors (Lipinski definition) is 1. The second-order valence-corrected chi connectivity index (χ2v) is 2.10. The molecule has 0 spiro atoms. The summed E-state index contributed by atoms with van der Waals surface area (Å²) in [6, 6.07) is 0. The van der Waals surface area contributed by atoms with Crippen LogP contribution in [0.3, 0.4) is 0 Å². The Morgan fingerprint density at radius 1 is 1.67 bits per heavy atom. The molecule has 1 aromatic heterocycles. The summed E-state index contributed by atoms with van der Waals surface area (Å²) in [6.45, 7) is 3.96. The number of nitrogens with one attached hydrogen (secondary N) is 1. The van der Waals surface area contributed by atoms with Crippen LogP contribution in [0.5, 0.6) is 5.75 Å². The van der Waals surface area contributed by atoms with Gasteiger partial charge in [0.15, 0.2) is 5.75 Å². The van der Waals surface area contributed by atoms with E-state index < -0.39 is 0 Å². The van der Waals surface area contributed by atoms with Gasteiger partial charge in [0.1, 0.15) is 0 Å². The van der Waals surface area contributed by atoms with Crippen molar-refractivity contribution in [2.75, 3.05) is 0 Å². The van der Waals surface area contributed by atoms with Gasteiger partial charge in [-0.05, 0) is 13.8 Å². The van der Waals surface area contributed by atoms with Crippen molar-refractivity contribution in [2.24, 2.45) is 0 Å². The van der Waals surface area contributed by atoms with Gasteiger partial charge in [-0.3, -0.25) is 5.10 Å². The van der Waals surface area contributed by atoms with E-state index in [1.165, 1.54) is 0 Å². The molecule has 0 atom stereocenters. The van der Waals surface area contributed by atoms with E-state index in [0.717, 1.165) is 5.75 Å². The standard InChI is InChI=1S/C6H10N2O/c1-5(2)9-6-3-7-8-4-6/h3-5H,1-2H3,(H,7,8). The van der Waals surface area contributed by atoms with Crippen LogP contribution >= 0.6 is 0 Å². The highest BCUT2D eigenvalue weighted by Gasteiger charge is 1.95. The number of rotatable bonds is 2. The van der Waals surface area contributed by atoms with Crippen LogP contribution in [0, 0.1) is 0 Å². The molecule has 3 nitrogen and oxygen atoms in total. The highest BCUT2D eigenvalue weighted by molar-refractivity contribution is 5.10. The van der Waals surface area contributed by atoms with E-state index in [9.17, 15) is 0 Å². The van der Waals surface area contributed by atoms with E-state index in [4.69, 9.17) is 4.74 Å². The van der Waals surface area contributed by atoms with Crippen molar-refractivity contribution in [1.82, 2.24) is 10.2 Å². The molecule has 0 radical (unpaired) electrons. The summed E-state index contributed by atoms with van der Waals surface area (Å²) < 4.78 is 5.26. The lowest BCUT2D eigenvalue weighted by Crippen LogP contribution is -2.04. The molecule has 0 aliphatic rings. The Morgan fingerprint density at radius 3 is 2.89 bits per heavy atom. The van der Waals surface area contributed by atoms with Crippen molar-refractivity contribution in [1.29, 1.82) is 0 Å². The third-order valence-corrected chi connectivity index (χ3v) is 0.845. The van der Waals surface area contributed by atoms with Crippen LogP contribution in [-0.4, -0.2) is 16.3 Å². The SMILES string of the molecule is CC(C)Oc1cn[nH]c1. The lowest BCUT2D eigenvalue weighted by Gasteiger charge is -2.04. The van der Waals surface area contributed by atoms with Crippen LogP contribution in [0.4, 0.5) is 0 Å².